The van der Waals surface area contributed by atoms with E-state index < -0.39 is 0 Å². The van der Waals surface area contributed by atoms with E-state index in [0.717, 1.165) is 19.5 Å². The predicted molar refractivity (Wildman–Crippen MR) is 94.5 cm³/mol. The summed E-state index contributed by atoms with van der Waals surface area (Å²) in [5, 5.41) is 9.47. The molecule has 112 valence electrons. The van der Waals surface area contributed by atoms with Crippen molar-refractivity contribution in [3.63, 3.8) is 0 Å². The molecular formula is C20H22N2. The molecule has 22 heavy (non-hydrogen) atoms. The molecule has 0 spiro atoms. The number of hydrogen-bond acceptors (Lipinski definition) is 2. The van der Waals surface area contributed by atoms with Gasteiger partial charge in [0.2, 0.25) is 0 Å². The summed E-state index contributed by atoms with van der Waals surface area (Å²) in [5.41, 5.74) is 2.99. The highest BCUT2D eigenvalue weighted by Gasteiger charge is 2.26. The maximum absolute atomic E-state index is 3.77. The van der Waals surface area contributed by atoms with Crippen LogP contribution in [0.3, 0.4) is 0 Å². The van der Waals surface area contributed by atoms with Gasteiger partial charge in [-0.05, 0) is 53.2 Å². The van der Waals surface area contributed by atoms with Crippen molar-refractivity contribution in [2.24, 2.45) is 0 Å². The average Bonchev–Trinajstić information content (AvgIpc) is 2.55. The molecule has 0 heterocycles. The Bertz CT molecular complexity index is 779. The summed E-state index contributed by atoms with van der Waals surface area (Å²) in [5.74, 6) is 0. The van der Waals surface area contributed by atoms with E-state index >= 15 is 0 Å². The second-order valence-corrected chi connectivity index (χ2v) is 6.50. The van der Waals surface area contributed by atoms with Gasteiger partial charge in [0.05, 0.1) is 0 Å². The zero-order valence-corrected chi connectivity index (χ0v) is 13.3. The molecule has 2 heteroatoms. The average molecular weight is 290 g/mol. The summed E-state index contributed by atoms with van der Waals surface area (Å²) in [6, 6.07) is 18.2. The second kappa shape index (κ2) is 5.38. The molecule has 1 N–H and O–H groups in total. The highest BCUT2D eigenvalue weighted by atomic mass is 15.1. The van der Waals surface area contributed by atoms with Crippen molar-refractivity contribution in [1.82, 2.24) is 10.2 Å². The van der Waals surface area contributed by atoms with Gasteiger partial charge < -0.3 is 10.2 Å². The Kier molecular flexibility index (Phi) is 3.36. The van der Waals surface area contributed by atoms with Gasteiger partial charge in [-0.25, -0.2) is 0 Å². The Morgan fingerprint density at radius 3 is 2.00 bits per heavy atom. The Hall–Kier alpha value is -1.90. The van der Waals surface area contributed by atoms with E-state index in [4.69, 9.17) is 0 Å². The van der Waals surface area contributed by atoms with E-state index in [1.165, 1.54) is 32.7 Å². The number of nitrogens with one attached hydrogen (secondary N) is 1. The third-order valence-electron chi connectivity index (χ3n) is 4.79. The fourth-order valence-electron chi connectivity index (χ4n) is 3.79. The van der Waals surface area contributed by atoms with Crippen LogP contribution >= 0.6 is 0 Å². The molecule has 2 nitrogen and oxygen atoms in total. The maximum Gasteiger partial charge on any atom is 0.0374 e. The van der Waals surface area contributed by atoms with Crippen LogP contribution in [0.15, 0.2) is 48.5 Å². The molecule has 0 radical (unpaired) electrons. The molecule has 0 amide bonds. The van der Waals surface area contributed by atoms with Crippen molar-refractivity contribution in [2.75, 3.05) is 27.2 Å². The van der Waals surface area contributed by atoms with Gasteiger partial charge in [-0.15, -0.1) is 0 Å². The SMILES string of the molecule is CN(C)CCNC1Cc2c3ccccc3c1c1ccccc21. The molecule has 2 aliphatic carbocycles. The summed E-state index contributed by atoms with van der Waals surface area (Å²) in [4.78, 5) is 2.23. The Morgan fingerprint density at radius 1 is 0.909 bits per heavy atom. The van der Waals surface area contributed by atoms with Crippen LogP contribution in [-0.4, -0.2) is 32.1 Å². The van der Waals surface area contributed by atoms with Gasteiger partial charge in [-0.3, -0.25) is 0 Å². The molecule has 0 saturated heterocycles. The van der Waals surface area contributed by atoms with Gasteiger partial charge in [0.15, 0.2) is 0 Å². The lowest BCUT2D eigenvalue weighted by Gasteiger charge is -2.31. The second-order valence-electron chi connectivity index (χ2n) is 6.50. The molecule has 0 fully saturated rings. The van der Waals surface area contributed by atoms with Gasteiger partial charge in [0, 0.05) is 19.1 Å². The zero-order chi connectivity index (χ0) is 15.1. The van der Waals surface area contributed by atoms with Gasteiger partial charge in [-0.2, -0.15) is 0 Å². The first-order valence-electron chi connectivity index (χ1n) is 8.06. The minimum Gasteiger partial charge on any atom is -0.308 e. The smallest absolute Gasteiger partial charge is 0.0374 e. The number of benzene rings is 3. The summed E-state index contributed by atoms with van der Waals surface area (Å²) in [6.45, 7) is 2.10. The fraction of sp³-hybridized carbons (Fsp3) is 0.300. The van der Waals surface area contributed by atoms with Crippen molar-refractivity contribution in [1.29, 1.82) is 0 Å². The lowest BCUT2D eigenvalue weighted by molar-refractivity contribution is 0.384. The standard InChI is InChI=1S/C20H22N2/c1-22(2)12-11-21-19-13-18-14-7-3-5-9-16(14)20(19)17-10-6-4-8-15(17)18/h3-10,19,21H,11-13H2,1-2H3. The van der Waals surface area contributed by atoms with Crippen LogP contribution in [0.1, 0.15) is 17.2 Å². The van der Waals surface area contributed by atoms with Crippen LogP contribution in [0.25, 0.3) is 21.5 Å². The Labute approximate surface area is 131 Å². The molecule has 1 atom stereocenters. The van der Waals surface area contributed by atoms with Crippen molar-refractivity contribution in [3.05, 3.63) is 59.7 Å². The van der Waals surface area contributed by atoms with Gasteiger partial charge in [0.1, 0.15) is 0 Å². The third-order valence-corrected chi connectivity index (χ3v) is 4.79. The van der Waals surface area contributed by atoms with E-state index in [2.05, 4.69) is 72.8 Å². The van der Waals surface area contributed by atoms with Crippen LogP contribution in [0, 0.1) is 0 Å². The van der Waals surface area contributed by atoms with Gasteiger partial charge in [0.25, 0.3) is 0 Å². The molecule has 2 bridgehead atoms. The lowest BCUT2D eigenvalue weighted by Crippen LogP contribution is -2.32. The molecular weight excluding hydrogens is 268 g/mol. The number of likely N-dealkylation sites (N-methyl/N-ethyl adjacent to an activating group) is 1. The fourth-order valence-corrected chi connectivity index (χ4v) is 3.79. The van der Waals surface area contributed by atoms with Crippen LogP contribution in [0.5, 0.6) is 0 Å². The maximum atomic E-state index is 3.77. The van der Waals surface area contributed by atoms with Crippen LogP contribution in [0.2, 0.25) is 0 Å². The summed E-state index contributed by atoms with van der Waals surface area (Å²) >= 11 is 0. The predicted octanol–water partition coefficient (Wildman–Crippen LogP) is 3.74. The minimum absolute atomic E-state index is 0.444. The highest BCUT2D eigenvalue weighted by molar-refractivity contribution is 6.08. The molecule has 0 aromatic heterocycles. The van der Waals surface area contributed by atoms with Gasteiger partial charge in [-0.1, -0.05) is 48.5 Å². The summed E-state index contributed by atoms with van der Waals surface area (Å²) < 4.78 is 0. The highest BCUT2D eigenvalue weighted by Crippen LogP contribution is 2.43. The number of fused-ring (bicyclic) bond motifs is 1. The molecule has 0 aliphatic heterocycles. The molecule has 3 aromatic carbocycles. The topological polar surface area (TPSA) is 15.3 Å². The molecule has 3 aromatic rings. The van der Waals surface area contributed by atoms with E-state index in [1.54, 1.807) is 0 Å². The van der Waals surface area contributed by atoms with Crippen LogP contribution in [0.4, 0.5) is 0 Å². The first-order valence-corrected chi connectivity index (χ1v) is 8.06. The van der Waals surface area contributed by atoms with Crippen LogP contribution < -0.4 is 5.32 Å². The van der Waals surface area contributed by atoms with Crippen molar-refractivity contribution >= 4 is 21.5 Å². The zero-order valence-electron chi connectivity index (χ0n) is 13.3. The first kappa shape index (κ1) is 13.7. The first-order chi connectivity index (χ1) is 10.8. The Balaban J connectivity index is 1.85. The largest absolute Gasteiger partial charge is 0.308 e. The number of rotatable bonds is 4. The quantitative estimate of drug-likeness (QED) is 0.736. The van der Waals surface area contributed by atoms with E-state index in [9.17, 15) is 0 Å². The van der Waals surface area contributed by atoms with Crippen LogP contribution in [-0.2, 0) is 6.42 Å². The number of nitrogens with zero attached hydrogens (tertiary/aromatic N) is 1. The summed E-state index contributed by atoms with van der Waals surface area (Å²) in [6.07, 6.45) is 1.11. The van der Waals surface area contributed by atoms with E-state index in [0.29, 0.717) is 6.04 Å². The normalized spacial score (nSPS) is 17.0. The monoisotopic (exact) mass is 290 g/mol. The van der Waals surface area contributed by atoms with Crippen molar-refractivity contribution < 1.29 is 0 Å². The van der Waals surface area contributed by atoms with Crippen molar-refractivity contribution in [3.8, 4) is 0 Å². The molecule has 0 saturated carbocycles. The van der Waals surface area contributed by atoms with Gasteiger partial charge >= 0.3 is 0 Å². The Morgan fingerprint density at radius 2 is 1.45 bits per heavy atom. The lowest BCUT2D eigenvalue weighted by atomic mass is 9.79. The van der Waals surface area contributed by atoms with E-state index in [-0.39, 0.29) is 0 Å². The molecule has 5 rings (SSSR count). The summed E-state index contributed by atoms with van der Waals surface area (Å²) in [7, 11) is 4.25. The number of hydrogen-bond donors (Lipinski definition) is 1. The third kappa shape index (κ3) is 2.11. The molecule has 2 aliphatic rings. The van der Waals surface area contributed by atoms with E-state index in [1.807, 2.05) is 0 Å². The minimum atomic E-state index is 0.444. The van der Waals surface area contributed by atoms with Crippen molar-refractivity contribution in [2.45, 2.75) is 12.5 Å². The molecule has 1 unspecified atom stereocenters.